The zero-order valence-electron chi connectivity index (χ0n) is 18.5. The van der Waals surface area contributed by atoms with E-state index < -0.39 is 6.04 Å². The minimum atomic E-state index is -0.500. The Morgan fingerprint density at radius 1 is 0.938 bits per heavy atom. The van der Waals surface area contributed by atoms with E-state index in [0.29, 0.717) is 10.8 Å². The highest BCUT2D eigenvalue weighted by Gasteiger charge is 2.26. The third-order valence-corrected chi connectivity index (χ3v) is 5.62. The maximum atomic E-state index is 13.0. The number of carbonyl (C=O) groups is 1. The van der Waals surface area contributed by atoms with E-state index in [9.17, 15) is 9.90 Å². The second-order valence-electron chi connectivity index (χ2n) is 8.28. The zero-order chi connectivity index (χ0) is 22.9. The van der Waals surface area contributed by atoms with Crippen molar-refractivity contribution in [2.24, 2.45) is 5.92 Å². The first kappa shape index (κ1) is 23.8. The van der Waals surface area contributed by atoms with Crippen LogP contribution in [0.5, 0.6) is 5.75 Å². The quantitative estimate of drug-likeness (QED) is 0.444. The number of benzene rings is 3. The van der Waals surface area contributed by atoms with Crippen LogP contribution >= 0.6 is 11.6 Å². The first-order chi connectivity index (χ1) is 15.5. The Kier molecular flexibility index (Phi) is 8.72. The van der Waals surface area contributed by atoms with Crippen LogP contribution < -0.4 is 10.1 Å². The Labute approximate surface area is 195 Å². The first-order valence-corrected chi connectivity index (χ1v) is 11.3. The van der Waals surface area contributed by atoms with Gasteiger partial charge in [-0.15, -0.1) is 0 Å². The number of hydrogen-bond acceptors (Lipinski definition) is 3. The molecule has 0 aliphatic heterocycles. The van der Waals surface area contributed by atoms with Crippen LogP contribution in [0.4, 0.5) is 0 Å². The van der Waals surface area contributed by atoms with Crippen molar-refractivity contribution in [2.45, 2.75) is 32.2 Å². The van der Waals surface area contributed by atoms with Crippen LogP contribution in [0.25, 0.3) is 0 Å². The van der Waals surface area contributed by atoms with Gasteiger partial charge in [0, 0.05) is 5.02 Å². The molecule has 3 aromatic carbocycles. The van der Waals surface area contributed by atoms with Crippen LogP contribution in [0.2, 0.25) is 5.02 Å². The largest absolute Gasteiger partial charge is 0.491 e. The Bertz CT molecular complexity index is 972. The van der Waals surface area contributed by atoms with Crippen molar-refractivity contribution in [3.05, 3.63) is 101 Å². The molecule has 0 bridgehead atoms. The molecule has 0 radical (unpaired) electrons. The van der Waals surface area contributed by atoms with E-state index in [-0.39, 0.29) is 31.0 Å². The summed E-state index contributed by atoms with van der Waals surface area (Å²) >= 11 is 5.98. The maximum absolute atomic E-state index is 13.0. The monoisotopic (exact) mass is 451 g/mol. The molecule has 0 saturated heterocycles. The SMILES string of the molecule is CC(C)C(C(=O)NC(CO)COc1ccc(Cc2ccccc2)cc1)c1ccc(Cl)cc1. The molecule has 168 valence electrons. The Balaban J connectivity index is 1.56. The summed E-state index contributed by atoms with van der Waals surface area (Å²) in [5.74, 6) is 0.322. The molecule has 0 spiro atoms. The summed E-state index contributed by atoms with van der Waals surface area (Å²) in [4.78, 5) is 13.0. The number of rotatable bonds is 10. The predicted molar refractivity (Wildman–Crippen MR) is 129 cm³/mol. The summed E-state index contributed by atoms with van der Waals surface area (Å²) < 4.78 is 5.83. The van der Waals surface area contributed by atoms with Crippen molar-refractivity contribution in [3.63, 3.8) is 0 Å². The standard InChI is InChI=1S/C27H30ClNO3/c1-19(2)26(22-10-12-23(28)13-11-22)27(31)29-24(17-30)18-32-25-14-8-21(9-15-25)16-20-6-4-3-5-7-20/h3-15,19,24,26,30H,16-18H2,1-2H3,(H,29,31). The summed E-state index contributed by atoms with van der Waals surface area (Å²) in [6.45, 7) is 3.98. The van der Waals surface area contributed by atoms with E-state index in [4.69, 9.17) is 16.3 Å². The zero-order valence-corrected chi connectivity index (χ0v) is 19.3. The molecule has 0 aliphatic rings. The average Bonchev–Trinajstić information content (AvgIpc) is 2.79. The molecular formula is C27H30ClNO3. The minimum absolute atomic E-state index is 0.0913. The summed E-state index contributed by atoms with van der Waals surface area (Å²) in [5, 5.41) is 13.3. The van der Waals surface area contributed by atoms with Gasteiger partial charge in [-0.2, -0.15) is 0 Å². The van der Waals surface area contributed by atoms with Crippen molar-refractivity contribution in [1.82, 2.24) is 5.32 Å². The molecule has 0 fully saturated rings. The molecule has 0 saturated carbocycles. The average molecular weight is 452 g/mol. The van der Waals surface area contributed by atoms with E-state index >= 15 is 0 Å². The van der Waals surface area contributed by atoms with Gasteiger partial charge in [-0.3, -0.25) is 4.79 Å². The topological polar surface area (TPSA) is 58.6 Å². The van der Waals surface area contributed by atoms with Crippen molar-refractivity contribution in [2.75, 3.05) is 13.2 Å². The van der Waals surface area contributed by atoms with Crippen LogP contribution in [0.3, 0.4) is 0 Å². The highest BCUT2D eigenvalue weighted by Crippen LogP contribution is 2.26. The van der Waals surface area contributed by atoms with Crippen molar-refractivity contribution < 1.29 is 14.6 Å². The lowest BCUT2D eigenvalue weighted by Gasteiger charge is -2.24. The molecule has 4 nitrogen and oxygen atoms in total. The molecule has 32 heavy (non-hydrogen) atoms. The lowest BCUT2D eigenvalue weighted by Crippen LogP contribution is -2.44. The molecular weight excluding hydrogens is 422 g/mol. The van der Waals surface area contributed by atoms with Gasteiger partial charge in [0.25, 0.3) is 0 Å². The third kappa shape index (κ3) is 6.84. The molecule has 0 aliphatic carbocycles. The number of nitrogens with one attached hydrogen (secondary N) is 1. The highest BCUT2D eigenvalue weighted by molar-refractivity contribution is 6.30. The number of ether oxygens (including phenoxy) is 1. The van der Waals surface area contributed by atoms with Crippen LogP contribution in [0.1, 0.15) is 36.5 Å². The second kappa shape index (κ2) is 11.7. The first-order valence-electron chi connectivity index (χ1n) is 10.9. The molecule has 0 aromatic heterocycles. The Morgan fingerprint density at radius 3 is 2.16 bits per heavy atom. The van der Waals surface area contributed by atoms with Crippen LogP contribution in [-0.4, -0.2) is 30.3 Å². The maximum Gasteiger partial charge on any atom is 0.228 e. The van der Waals surface area contributed by atoms with Gasteiger partial charge >= 0.3 is 0 Å². The van der Waals surface area contributed by atoms with Gasteiger partial charge in [0.15, 0.2) is 0 Å². The molecule has 2 unspecified atom stereocenters. The van der Waals surface area contributed by atoms with Gasteiger partial charge in [0.1, 0.15) is 12.4 Å². The number of halogens is 1. The highest BCUT2D eigenvalue weighted by atomic mass is 35.5. The van der Waals surface area contributed by atoms with Crippen LogP contribution in [-0.2, 0) is 11.2 Å². The predicted octanol–water partition coefficient (Wildman–Crippen LogP) is 5.23. The van der Waals surface area contributed by atoms with Gasteiger partial charge < -0.3 is 15.2 Å². The molecule has 5 heteroatoms. The molecule has 2 N–H and O–H groups in total. The normalized spacial score (nSPS) is 12.9. The van der Waals surface area contributed by atoms with E-state index in [1.54, 1.807) is 12.1 Å². The van der Waals surface area contributed by atoms with Gasteiger partial charge in [-0.05, 0) is 53.3 Å². The molecule has 3 rings (SSSR count). The number of amides is 1. The fourth-order valence-electron chi connectivity index (χ4n) is 3.67. The Morgan fingerprint density at radius 2 is 1.56 bits per heavy atom. The summed E-state index contributed by atoms with van der Waals surface area (Å²) in [6.07, 6.45) is 0.859. The lowest BCUT2D eigenvalue weighted by molar-refractivity contribution is -0.124. The molecule has 1 amide bonds. The molecule has 2 atom stereocenters. The van der Waals surface area contributed by atoms with Gasteiger partial charge in [-0.25, -0.2) is 0 Å². The van der Waals surface area contributed by atoms with Crippen molar-refractivity contribution >= 4 is 17.5 Å². The fourth-order valence-corrected chi connectivity index (χ4v) is 3.80. The number of aliphatic hydroxyl groups is 1. The van der Waals surface area contributed by atoms with Crippen LogP contribution in [0, 0.1) is 5.92 Å². The molecule has 0 heterocycles. The van der Waals surface area contributed by atoms with Gasteiger partial charge in [0.2, 0.25) is 5.91 Å². The number of carbonyl (C=O) groups excluding carboxylic acids is 1. The van der Waals surface area contributed by atoms with Crippen molar-refractivity contribution in [3.8, 4) is 5.75 Å². The number of aliphatic hydroxyl groups excluding tert-OH is 1. The third-order valence-electron chi connectivity index (χ3n) is 5.37. The van der Waals surface area contributed by atoms with E-state index in [2.05, 4.69) is 17.4 Å². The summed E-state index contributed by atoms with van der Waals surface area (Å²) in [5.41, 5.74) is 3.34. The van der Waals surface area contributed by atoms with E-state index in [0.717, 1.165) is 12.0 Å². The Hall–Kier alpha value is -2.82. The van der Waals surface area contributed by atoms with Gasteiger partial charge in [0.05, 0.1) is 18.6 Å². The smallest absolute Gasteiger partial charge is 0.228 e. The second-order valence-corrected chi connectivity index (χ2v) is 8.72. The number of hydrogen-bond donors (Lipinski definition) is 2. The lowest BCUT2D eigenvalue weighted by atomic mass is 9.87. The van der Waals surface area contributed by atoms with E-state index in [1.165, 1.54) is 11.1 Å². The molecule has 3 aromatic rings. The summed E-state index contributed by atoms with van der Waals surface area (Å²) in [6, 6.07) is 25.0. The van der Waals surface area contributed by atoms with E-state index in [1.807, 2.05) is 68.4 Å². The summed E-state index contributed by atoms with van der Waals surface area (Å²) in [7, 11) is 0. The van der Waals surface area contributed by atoms with Gasteiger partial charge in [-0.1, -0.05) is 80.0 Å². The minimum Gasteiger partial charge on any atom is -0.491 e. The fraction of sp³-hybridized carbons (Fsp3) is 0.296. The van der Waals surface area contributed by atoms with Crippen LogP contribution in [0.15, 0.2) is 78.9 Å². The van der Waals surface area contributed by atoms with Crippen molar-refractivity contribution in [1.29, 1.82) is 0 Å².